The molecule has 1 aliphatic rings. The summed E-state index contributed by atoms with van der Waals surface area (Å²) in [6.07, 6.45) is 1.78. The molecule has 4 aromatic rings. The lowest BCUT2D eigenvalue weighted by Gasteiger charge is -2.33. The van der Waals surface area contributed by atoms with E-state index in [1.807, 2.05) is 12.1 Å². The van der Waals surface area contributed by atoms with Crippen molar-refractivity contribution in [2.45, 2.75) is 25.9 Å². The first-order valence-corrected chi connectivity index (χ1v) is 9.69. The van der Waals surface area contributed by atoms with Crippen LogP contribution in [0.5, 0.6) is 5.75 Å². The number of rotatable bonds is 3. The third kappa shape index (κ3) is 2.96. The van der Waals surface area contributed by atoms with Crippen molar-refractivity contribution < 1.29 is 5.11 Å². The molecule has 1 aliphatic heterocycles. The Balaban J connectivity index is 1.52. The van der Waals surface area contributed by atoms with E-state index >= 15 is 0 Å². The molecule has 0 saturated carbocycles. The number of benzene rings is 3. The van der Waals surface area contributed by atoms with Crippen molar-refractivity contribution in [2.75, 3.05) is 6.54 Å². The smallest absolute Gasteiger partial charge is 0.115 e. The van der Waals surface area contributed by atoms with Gasteiger partial charge in [-0.05, 0) is 46.5 Å². The van der Waals surface area contributed by atoms with Gasteiger partial charge < -0.3 is 10.1 Å². The highest BCUT2D eigenvalue weighted by atomic mass is 16.3. The van der Waals surface area contributed by atoms with Crippen molar-refractivity contribution in [3.05, 3.63) is 95.1 Å². The van der Waals surface area contributed by atoms with Gasteiger partial charge in [0.15, 0.2) is 0 Å². The Morgan fingerprint density at radius 2 is 2.00 bits per heavy atom. The molecule has 0 spiro atoms. The van der Waals surface area contributed by atoms with Gasteiger partial charge in [-0.2, -0.15) is 0 Å². The van der Waals surface area contributed by atoms with Crippen LogP contribution in [0.15, 0.2) is 67.0 Å². The Morgan fingerprint density at radius 1 is 1.11 bits per heavy atom. The molecule has 0 amide bonds. The average molecular weight is 369 g/mol. The van der Waals surface area contributed by atoms with Crippen LogP contribution in [-0.4, -0.2) is 26.5 Å². The second kappa shape index (κ2) is 6.80. The summed E-state index contributed by atoms with van der Waals surface area (Å²) >= 11 is 0. The first-order valence-electron chi connectivity index (χ1n) is 9.69. The van der Waals surface area contributed by atoms with E-state index in [0.717, 1.165) is 36.6 Å². The van der Waals surface area contributed by atoms with Crippen LogP contribution in [-0.2, 0) is 13.1 Å². The van der Waals surface area contributed by atoms with Crippen LogP contribution in [0.2, 0.25) is 0 Å². The predicted octanol–water partition coefficient (Wildman–Crippen LogP) is 4.72. The number of aromatic amines is 1. The van der Waals surface area contributed by atoms with E-state index in [1.165, 1.54) is 21.9 Å². The van der Waals surface area contributed by atoms with Crippen LogP contribution in [0.1, 0.15) is 34.0 Å². The lowest BCUT2D eigenvalue weighted by molar-refractivity contribution is 0.228. The maximum Gasteiger partial charge on any atom is 0.115 e. The molecule has 0 aliphatic carbocycles. The lowest BCUT2D eigenvalue weighted by Crippen LogP contribution is -2.34. The van der Waals surface area contributed by atoms with Crippen LogP contribution < -0.4 is 0 Å². The van der Waals surface area contributed by atoms with Gasteiger partial charge >= 0.3 is 0 Å². The maximum atomic E-state index is 9.96. The number of aromatic hydroxyl groups is 1. The second-order valence-electron chi connectivity index (χ2n) is 7.67. The summed E-state index contributed by atoms with van der Waals surface area (Å²) in [5.41, 5.74) is 6.07. The molecule has 0 radical (unpaired) electrons. The zero-order valence-electron chi connectivity index (χ0n) is 15.9. The SMILES string of the molecule is Cc1ccc2ccccc2c1CN1Cc2[nH]cnc2C(c2cccc(O)c2)C1. The predicted molar refractivity (Wildman–Crippen MR) is 111 cm³/mol. The minimum absolute atomic E-state index is 0.150. The van der Waals surface area contributed by atoms with E-state index < -0.39 is 0 Å². The highest BCUT2D eigenvalue weighted by Gasteiger charge is 2.29. The number of H-pyrrole nitrogens is 1. The Hall–Kier alpha value is -3.11. The fourth-order valence-corrected chi connectivity index (χ4v) is 4.40. The summed E-state index contributed by atoms with van der Waals surface area (Å²) in [6.45, 7) is 4.82. The highest BCUT2D eigenvalue weighted by molar-refractivity contribution is 5.86. The van der Waals surface area contributed by atoms with E-state index in [9.17, 15) is 5.11 Å². The fourth-order valence-electron chi connectivity index (χ4n) is 4.40. The van der Waals surface area contributed by atoms with Gasteiger partial charge in [-0.25, -0.2) is 4.98 Å². The summed E-state index contributed by atoms with van der Waals surface area (Å²) in [6, 6.07) is 20.6. The number of phenolic OH excluding ortho intramolecular Hbond substituents is 1. The van der Waals surface area contributed by atoms with Crippen molar-refractivity contribution >= 4 is 10.8 Å². The molecule has 3 aromatic carbocycles. The molecule has 4 nitrogen and oxygen atoms in total. The van der Waals surface area contributed by atoms with Crippen LogP contribution in [0.3, 0.4) is 0 Å². The molecule has 1 atom stereocenters. The summed E-state index contributed by atoms with van der Waals surface area (Å²) in [5, 5.41) is 12.6. The zero-order valence-corrected chi connectivity index (χ0v) is 15.9. The highest BCUT2D eigenvalue weighted by Crippen LogP contribution is 2.34. The number of nitrogens with zero attached hydrogens (tertiary/aromatic N) is 2. The largest absolute Gasteiger partial charge is 0.508 e. The molecule has 1 aromatic heterocycles. The van der Waals surface area contributed by atoms with Gasteiger partial charge in [0.2, 0.25) is 0 Å². The quantitative estimate of drug-likeness (QED) is 0.549. The number of imidazole rings is 1. The van der Waals surface area contributed by atoms with E-state index in [4.69, 9.17) is 0 Å². The first kappa shape index (κ1) is 17.0. The number of phenols is 1. The van der Waals surface area contributed by atoms with Gasteiger partial charge in [-0.1, -0.05) is 48.5 Å². The number of aromatic nitrogens is 2. The summed E-state index contributed by atoms with van der Waals surface area (Å²) in [4.78, 5) is 10.4. The zero-order chi connectivity index (χ0) is 19.1. The normalized spacial score (nSPS) is 17.0. The number of fused-ring (bicyclic) bond motifs is 2. The molecule has 28 heavy (non-hydrogen) atoms. The summed E-state index contributed by atoms with van der Waals surface area (Å²) < 4.78 is 0. The number of hydrogen-bond donors (Lipinski definition) is 2. The standard InChI is InChI=1S/C24H23N3O/c1-16-9-10-17-5-2-3-8-20(17)21(16)12-27-13-22(18-6-4-7-19(28)11-18)24-23(14-27)25-15-26-24/h2-11,15,22,28H,12-14H2,1H3,(H,25,26). The van der Waals surface area contributed by atoms with Gasteiger partial charge in [0.1, 0.15) is 5.75 Å². The minimum atomic E-state index is 0.150. The van der Waals surface area contributed by atoms with Crippen LogP contribution in [0.25, 0.3) is 10.8 Å². The lowest BCUT2D eigenvalue weighted by atomic mass is 9.90. The van der Waals surface area contributed by atoms with Crippen molar-refractivity contribution in [1.82, 2.24) is 14.9 Å². The molecule has 1 unspecified atom stereocenters. The third-order valence-electron chi connectivity index (χ3n) is 5.83. The number of aryl methyl sites for hydroxylation is 1. The topological polar surface area (TPSA) is 52.2 Å². The van der Waals surface area contributed by atoms with Crippen LogP contribution in [0.4, 0.5) is 0 Å². The van der Waals surface area contributed by atoms with Gasteiger partial charge in [-0.3, -0.25) is 4.90 Å². The fraction of sp³-hybridized carbons (Fsp3) is 0.208. The van der Waals surface area contributed by atoms with Gasteiger partial charge in [0.25, 0.3) is 0 Å². The molecular weight excluding hydrogens is 346 g/mol. The van der Waals surface area contributed by atoms with E-state index in [1.54, 1.807) is 12.4 Å². The average Bonchev–Trinajstić information content (AvgIpc) is 3.18. The van der Waals surface area contributed by atoms with Crippen LogP contribution >= 0.6 is 0 Å². The molecule has 0 bridgehead atoms. The Kier molecular flexibility index (Phi) is 4.14. The Morgan fingerprint density at radius 3 is 2.89 bits per heavy atom. The molecule has 0 fully saturated rings. The van der Waals surface area contributed by atoms with Crippen molar-refractivity contribution in [1.29, 1.82) is 0 Å². The van der Waals surface area contributed by atoms with Crippen molar-refractivity contribution in [2.24, 2.45) is 0 Å². The monoisotopic (exact) mass is 369 g/mol. The van der Waals surface area contributed by atoms with Gasteiger partial charge in [-0.15, -0.1) is 0 Å². The van der Waals surface area contributed by atoms with Crippen molar-refractivity contribution in [3.8, 4) is 5.75 Å². The summed E-state index contributed by atoms with van der Waals surface area (Å²) in [5.74, 6) is 0.453. The molecule has 2 heterocycles. The van der Waals surface area contributed by atoms with E-state index in [2.05, 4.69) is 64.3 Å². The van der Waals surface area contributed by atoms with Gasteiger partial charge in [0.05, 0.1) is 17.7 Å². The van der Waals surface area contributed by atoms with Crippen LogP contribution in [0, 0.1) is 6.92 Å². The summed E-state index contributed by atoms with van der Waals surface area (Å²) in [7, 11) is 0. The number of hydrogen-bond acceptors (Lipinski definition) is 3. The Bertz CT molecular complexity index is 1150. The molecular formula is C24H23N3O. The van der Waals surface area contributed by atoms with E-state index in [-0.39, 0.29) is 5.92 Å². The van der Waals surface area contributed by atoms with E-state index in [0.29, 0.717) is 5.75 Å². The van der Waals surface area contributed by atoms with Gasteiger partial charge in [0, 0.05) is 25.6 Å². The maximum absolute atomic E-state index is 9.96. The number of nitrogens with one attached hydrogen (secondary N) is 1. The molecule has 140 valence electrons. The third-order valence-corrected chi connectivity index (χ3v) is 5.83. The van der Waals surface area contributed by atoms with Crippen molar-refractivity contribution in [3.63, 3.8) is 0 Å². The first-order chi connectivity index (χ1) is 13.7. The second-order valence-corrected chi connectivity index (χ2v) is 7.67. The molecule has 0 saturated heterocycles. The molecule has 2 N–H and O–H groups in total. The molecule has 5 rings (SSSR count). The molecule has 4 heteroatoms. The Labute approximate surface area is 164 Å². The minimum Gasteiger partial charge on any atom is -0.508 e.